The Balaban J connectivity index is 2.20. The molecule has 4 nitrogen and oxygen atoms in total. The Morgan fingerprint density at radius 2 is 2.38 bits per heavy atom. The fourth-order valence-electron chi connectivity index (χ4n) is 1.23. The molecular formula is C12H18N2O2. The normalized spacial score (nSPS) is 12.1. The van der Waals surface area contributed by atoms with Gasteiger partial charge < -0.3 is 10.4 Å². The highest BCUT2D eigenvalue weighted by Gasteiger charge is 2.05. The molecule has 1 amide bonds. The van der Waals surface area contributed by atoms with Crippen LogP contribution in [0, 0.1) is 5.92 Å². The number of nitrogens with one attached hydrogen (secondary N) is 1. The van der Waals surface area contributed by atoms with Crippen LogP contribution in [-0.4, -0.2) is 29.1 Å². The van der Waals surface area contributed by atoms with E-state index in [0.29, 0.717) is 19.4 Å². The van der Waals surface area contributed by atoms with Crippen molar-refractivity contribution in [3.8, 4) is 0 Å². The summed E-state index contributed by atoms with van der Waals surface area (Å²) >= 11 is 0. The Hall–Kier alpha value is -1.42. The highest BCUT2D eigenvalue weighted by atomic mass is 16.3. The van der Waals surface area contributed by atoms with E-state index >= 15 is 0 Å². The minimum absolute atomic E-state index is 0.00551. The van der Waals surface area contributed by atoms with Gasteiger partial charge in [-0.2, -0.15) is 0 Å². The van der Waals surface area contributed by atoms with E-state index in [1.807, 2.05) is 25.1 Å². The third-order valence-corrected chi connectivity index (χ3v) is 2.29. The SMILES string of the molecule is CC(CO)CNC(=O)CCc1ccccn1. The zero-order chi connectivity index (χ0) is 11.8. The highest BCUT2D eigenvalue weighted by Crippen LogP contribution is 1.98. The Kier molecular flexibility index (Phi) is 5.50. The molecule has 16 heavy (non-hydrogen) atoms. The summed E-state index contributed by atoms with van der Waals surface area (Å²) in [5, 5.41) is 11.6. The van der Waals surface area contributed by atoms with Crippen LogP contribution in [0.3, 0.4) is 0 Å². The molecule has 1 aromatic heterocycles. The maximum absolute atomic E-state index is 11.4. The third-order valence-electron chi connectivity index (χ3n) is 2.29. The van der Waals surface area contributed by atoms with Crippen molar-refractivity contribution in [3.05, 3.63) is 30.1 Å². The molecule has 1 heterocycles. The zero-order valence-electron chi connectivity index (χ0n) is 9.52. The number of amides is 1. The largest absolute Gasteiger partial charge is 0.396 e. The summed E-state index contributed by atoms with van der Waals surface area (Å²) < 4.78 is 0. The molecule has 0 spiro atoms. The second-order valence-corrected chi connectivity index (χ2v) is 3.91. The second kappa shape index (κ2) is 6.95. The summed E-state index contributed by atoms with van der Waals surface area (Å²) in [5.74, 6) is 0.116. The van der Waals surface area contributed by atoms with Crippen molar-refractivity contribution in [1.29, 1.82) is 0 Å². The van der Waals surface area contributed by atoms with E-state index in [0.717, 1.165) is 5.69 Å². The lowest BCUT2D eigenvalue weighted by Gasteiger charge is -2.09. The first-order valence-electron chi connectivity index (χ1n) is 5.50. The minimum atomic E-state index is 0.00551. The Morgan fingerprint density at radius 3 is 3.00 bits per heavy atom. The summed E-state index contributed by atoms with van der Waals surface area (Å²) in [6.45, 7) is 2.51. The van der Waals surface area contributed by atoms with E-state index in [-0.39, 0.29) is 18.4 Å². The van der Waals surface area contributed by atoms with Crippen LogP contribution >= 0.6 is 0 Å². The fraction of sp³-hybridized carbons (Fsp3) is 0.500. The number of aliphatic hydroxyl groups excluding tert-OH is 1. The van der Waals surface area contributed by atoms with Crippen molar-refractivity contribution < 1.29 is 9.90 Å². The van der Waals surface area contributed by atoms with E-state index in [9.17, 15) is 4.79 Å². The van der Waals surface area contributed by atoms with Crippen molar-refractivity contribution >= 4 is 5.91 Å². The van der Waals surface area contributed by atoms with Gasteiger partial charge in [-0.15, -0.1) is 0 Å². The number of nitrogens with zero attached hydrogens (tertiary/aromatic N) is 1. The summed E-state index contributed by atoms with van der Waals surface area (Å²) in [4.78, 5) is 15.6. The van der Waals surface area contributed by atoms with E-state index in [1.54, 1.807) is 6.20 Å². The number of carbonyl (C=O) groups excluding carboxylic acids is 1. The van der Waals surface area contributed by atoms with Gasteiger partial charge in [0.15, 0.2) is 0 Å². The molecule has 88 valence electrons. The van der Waals surface area contributed by atoms with E-state index in [1.165, 1.54) is 0 Å². The van der Waals surface area contributed by atoms with E-state index < -0.39 is 0 Å². The highest BCUT2D eigenvalue weighted by molar-refractivity contribution is 5.76. The Labute approximate surface area is 95.7 Å². The molecule has 2 N–H and O–H groups in total. The monoisotopic (exact) mass is 222 g/mol. The van der Waals surface area contributed by atoms with Crippen molar-refractivity contribution in [2.45, 2.75) is 19.8 Å². The van der Waals surface area contributed by atoms with Crippen LogP contribution in [0.2, 0.25) is 0 Å². The first-order chi connectivity index (χ1) is 7.72. The van der Waals surface area contributed by atoms with Gasteiger partial charge in [0.25, 0.3) is 0 Å². The van der Waals surface area contributed by atoms with Crippen LogP contribution in [0.4, 0.5) is 0 Å². The molecule has 0 radical (unpaired) electrons. The molecule has 1 aromatic rings. The second-order valence-electron chi connectivity index (χ2n) is 3.91. The van der Waals surface area contributed by atoms with Crippen molar-refractivity contribution in [2.75, 3.05) is 13.2 Å². The summed E-state index contributed by atoms with van der Waals surface area (Å²) in [7, 11) is 0. The number of aromatic nitrogens is 1. The van der Waals surface area contributed by atoms with Gasteiger partial charge in [0, 0.05) is 31.5 Å². The molecule has 0 aromatic carbocycles. The number of aliphatic hydroxyl groups is 1. The van der Waals surface area contributed by atoms with Gasteiger partial charge in [-0.3, -0.25) is 9.78 Å². The molecule has 0 aliphatic carbocycles. The van der Waals surface area contributed by atoms with Gasteiger partial charge >= 0.3 is 0 Å². The van der Waals surface area contributed by atoms with Gasteiger partial charge in [-0.05, 0) is 24.5 Å². The predicted octanol–water partition coefficient (Wildman–Crippen LogP) is 0.759. The smallest absolute Gasteiger partial charge is 0.220 e. The van der Waals surface area contributed by atoms with Crippen LogP contribution < -0.4 is 5.32 Å². The van der Waals surface area contributed by atoms with E-state index in [4.69, 9.17) is 5.11 Å². The number of hydrogen-bond donors (Lipinski definition) is 2. The average Bonchev–Trinajstić information content (AvgIpc) is 2.34. The first-order valence-corrected chi connectivity index (χ1v) is 5.50. The molecule has 0 saturated carbocycles. The van der Waals surface area contributed by atoms with Crippen molar-refractivity contribution in [3.63, 3.8) is 0 Å². The third kappa shape index (κ3) is 4.89. The summed E-state index contributed by atoms with van der Waals surface area (Å²) in [6, 6.07) is 5.67. The van der Waals surface area contributed by atoms with Gasteiger partial charge in [0.2, 0.25) is 5.91 Å². The van der Waals surface area contributed by atoms with Gasteiger partial charge in [0.1, 0.15) is 0 Å². The molecule has 0 saturated heterocycles. The molecule has 0 aliphatic rings. The topological polar surface area (TPSA) is 62.2 Å². The molecule has 1 unspecified atom stereocenters. The maximum atomic E-state index is 11.4. The number of rotatable bonds is 6. The molecular weight excluding hydrogens is 204 g/mol. The number of carbonyl (C=O) groups is 1. The molecule has 0 fully saturated rings. The molecule has 1 rings (SSSR count). The van der Waals surface area contributed by atoms with Crippen molar-refractivity contribution in [1.82, 2.24) is 10.3 Å². The number of aryl methyl sites for hydroxylation is 1. The quantitative estimate of drug-likeness (QED) is 0.747. The van der Waals surface area contributed by atoms with E-state index in [2.05, 4.69) is 10.3 Å². The molecule has 0 bridgehead atoms. The maximum Gasteiger partial charge on any atom is 0.220 e. The Morgan fingerprint density at radius 1 is 1.56 bits per heavy atom. The Bertz CT molecular complexity index is 314. The predicted molar refractivity (Wildman–Crippen MR) is 61.8 cm³/mol. The average molecular weight is 222 g/mol. The van der Waals surface area contributed by atoms with Crippen LogP contribution in [0.15, 0.2) is 24.4 Å². The summed E-state index contributed by atoms with van der Waals surface area (Å²) in [5.41, 5.74) is 0.924. The van der Waals surface area contributed by atoms with Crippen LogP contribution in [0.25, 0.3) is 0 Å². The summed E-state index contributed by atoms with van der Waals surface area (Å²) in [6.07, 6.45) is 2.82. The molecule has 0 aliphatic heterocycles. The van der Waals surface area contributed by atoms with Crippen LogP contribution in [0.1, 0.15) is 19.0 Å². The lowest BCUT2D eigenvalue weighted by atomic mass is 10.2. The molecule has 4 heteroatoms. The zero-order valence-corrected chi connectivity index (χ0v) is 9.52. The van der Waals surface area contributed by atoms with Gasteiger partial charge in [-0.25, -0.2) is 0 Å². The standard InChI is InChI=1S/C12H18N2O2/c1-10(9-15)8-14-12(16)6-5-11-4-2-3-7-13-11/h2-4,7,10,15H,5-6,8-9H2,1H3,(H,14,16). The van der Waals surface area contributed by atoms with Gasteiger partial charge in [-0.1, -0.05) is 13.0 Å². The lowest BCUT2D eigenvalue weighted by molar-refractivity contribution is -0.121. The van der Waals surface area contributed by atoms with Crippen LogP contribution in [0.5, 0.6) is 0 Å². The number of hydrogen-bond acceptors (Lipinski definition) is 3. The molecule has 1 atom stereocenters. The fourth-order valence-corrected chi connectivity index (χ4v) is 1.23. The minimum Gasteiger partial charge on any atom is -0.396 e. The van der Waals surface area contributed by atoms with Crippen LogP contribution in [-0.2, 0) is 11.2 Å². The number of pyridine rings is 1. The lowest BCUT2D eigenvalue weighted by Crippen LogP contribution is -2.29. The van der Waals surface area contributed by atoms with Crippen molar-refractivity contribution in [2.24, 2.45) is 5.92 Å². The van der Waals surface area contributed by atoms with Gasteiger partial charge in [0.05, 0.1) is 0 Å². The first kappa shape index (κ1) is 12.6.